The summed E-state index contributed by atoms with van der Waals surface area (Å²) < 4.78 is 17.0. The van der Waals surface area contributed by atoms with Gasteiger partial charge in [0.25, 0.3) is 0 Å². The van der Waals surface area contributed by atoms with Crippen LogP contribution in [0.1, 0.15) is 60.0 Å². The minimum absolute atomic E-state index is 0.277. The largest absolute Gasteiger partial charge is 0.494 e. The van der Waals surface area contributed by atoms with Crippen LogP contribution in [0, 0.1) is 0 Å². The van der Waals surface area contributed by atoms with Crippen molar-refractivity contribution in [2.24, 2.45) is 4.99 Å². The van der Waals surface area contributed by atoms with Gasteiger partial charge in [-0.25, -0.2) is 9.79 Å². The minimum atomic E-state index is -0.277. The van der Waals surface area contributed by atoms with Crippen LogP contribution < -0.4 is 9.47 Å². The summed E-state index contributed by atoms with van der Waals surface area (Å²) in [4.78, 5) is 18.9. The Hall–Kier alpha value is -2.86. The number of ether oxygens (including phenoxy) is 3. The van der Waals surface area contributed by atoms with Gasteiger partial charge in [0.2, 0.25) is 0 Å². The summed E-state index contributed by atoms with van der Waals surface area (Å²) in [5, 5.41) is 2.80. The summed E-state index contributed by atoms with van der Waals surface area (Å²) in [5.41, 5.74) is 2.64. The van der Waals surface area contributed by atoms with E-state index in [1.54, 1.807) is 11.3 Å². The smallest absolute Gasteiger partial charge is 0.341 e. The van der Waals surface area contributed by atoms with Crippen LogP contribution >= 0.6 is 11.3 Å². The molecule has 0 bridgehead atoms. The van der Waals surface area contributed by atoms with Crippen molar-refractivity contribution < 1.29 is 19.0 Å². The zero-order valence-corrected chi connectivity index (χ0v) is 19.7. The second-order valence-corrected chi connectivity index (χ2v) is 8.68. The lowest BCUT2D eigenvalue weighted by atomic mass is 9.95. The number of benzene rings is 2. The first-order valence-electron chi connectivity index (χ1n) is 11.3. The van der Waals surface area contributed by atoms with Crippen molar-refractivity contribution in [3.05, 3.63) is 51.9 Å². The summed E-state index contributed by atoms with van der Waals surface area (Å²) in [7, 11) is 0. The molecule has 0 N–H and O–H groups in total. The number of aryl methyl sites for hydroxylation is 1. The Morgan fingerprint density at radius 1 is 1.03 bits per heavy atom. The van der Waals surface area contributed by atoms with Gasteiger partial charge in [-0.1, -0.05) is 12.1 Å². The van der Waals surface area contributed by atoms with Crippen molar-refractivity contribution in [3.63, 3.8) is 0 Å². The molecule has 1 aliphatic rings. The van der Waals surface area contributed by atoms with Gasteiger partial charge in [-0.2, -0.15) is 0 Å². The molecule has 3 aromatic rings. The average Bonchev–Trinajstić information content (AvgIpc) is 3.17. The predicted molar refractivity (Wildman–Crippen MR) is 130 cm³/mol. The Kier molecular flexibility index (Phi) is 7.10. The molecule has 5 nitrogen and oxygen atoms in total. The third-order valence-electron chi connectivity index (χ3n) is 5.55. The molecular formula is C26H29NO4S. The van der Waals surface area contributed by atoms with E-state index in [1.165, 1.54) is 4.88 Å². The molecule has 0 amide bonds. The van der Waals surface area contributed by atoms with Crippen molar-refractivity contribution in [1.82, 2.24) is 0 Å². The van der Waals surface area contributed by atoms with Crippen LogP contribution in [0.15, 0.2) is 35.3 Å². The molecule has 0 aliphatic heterocycles. The molecule has 0 unspecified atom stereocenters. The molecule has 0 saturated carbocycles. The van der Waals surface area contributed by atoms with Crippen LogP contribution in [-0.2, 0) is 17.6 Å². The highest BCUT2D eigenvalue weighted by atomic mass is 32.1. The van der Waals surface area contributed by atoms with Gasteiger partial charge in [-0.05, 0) is 81.0 Å². The second kappa shape index (κ2) is 10.2. The van der Waals surface area contributed by atoms with E-state index in [2.05, 4.69) is 0 Å². The van der Waals surface area contributed by atoms with Gasteiger partial charge in [-0.15, -0.1) is 11.3 Å². The van der Waals surface area contributed by atoms with Crippen molar-refractivity contribution in [2.75, 3.05) is 19.8 Å². The zero-order chi connectivity index (χ0) is 22.5. The van der Waals surface area contributed by atoms with E-state index in [4.69, 9.17) is 19.2 Å². The number of rotatable bonds is 8. The predicted octanol–water partition coefficient (Wildman–Crippen LogP) is 6.50. The van der Waals surface area contributed by atoms with E-state index in [0.717, 1.165) is 64.1 Å². The first-order chi connectivity index (χ1) is 15.7. The lowest BCUT2D eigenvalue weighted by Gasteiger charge is -2.12. The molecule has 1 aromatic heterocycles. The first kappa shape index (κ1) is 22.3. The molecule has 0 atom stereocenters. The molecule has 1 aliphatic carbocycles. The lowest BCUT2D eigenvalue weighted by molar-refractivity contribution is 0.0526. The number of fused-ring (bicyclic) bond motifs is 2. The average molecular weight is 452 g/mol. The maximum atomic E-state index is 12.8. The van der Waals surface area contributed by atoms with Gasteiger partial charge in [0, 0.05) is 16.7 Å². The number of esters is 1. The van der Waals surface area contributed by atoms with E-state index < -0.39 is 0 Å². The molecule has 1 heterocycles. The number of carbonyl (C=O) groups excluding carboxylic acids is 1. The number of thiophene rings is 1. The van der Waals surface area contributed by atoms with Crippen LogP contribution in [0.4, 0.5) is 5.00 Å². The minimum Gasteiger partial charge on any atom is -0.494 e. The van der Waals surface area contributed by atoms with Crippen LogP contribution in [0.5, 0.6) is 11.5 Å². The number of aliphatic imine (C=N–C) groups is 1. The molecule has 6 heteroatoms. The molecule has 0 spiro atoms. The Morgan fingerprint density at radius 2 is 1.81 bits per heavy atom. The van der Waals surface area contributed by atoms with Crippen LogP contribution in [0.2, 0.25) is 0 Å². The summed E-state index contributed by atoms with van der Waals surface area (Å²) in [6, 6.07) is 10.1. The normalized spacial score (nSPS) is 13.3. The SMILES string of the molecule is CCOC(=O)c1c(N=Cc2c(OCC)ccc3ccc(OCC)cc23)sc2c1CCCC2. The van der Waals surface area contributed by atoms with Crippen molar-refractivity contribution in [1.29, 1.82) is 0 Å². The van der Waals surface area contributed by atoms with Gasteiger partial charge in [0.1, 0.15) is 16.5 Å². The quantitative estimate of drug-likeness (QED) is 0.290. The molecule has 0 radical (unpaired) electrons. The highest BCUT2D eigenvalue weighted by Gasteiger charge is 2.26. The Morgan fingerprint density at radius 3 is 2.59 bits per heavy atom. The van der Waals surface area contributed by atoms with Gasteiger partial charge in [0.15, 0.2) is 0 Å². The Bertz CT molecular complexity index is 1140. The van der Waals surface area contributed by atoms with Crippen molar-refractivity contribution in [3.8, 4) is 11.5 Å². The highest BCUT2D eigenvalue weighted by molar-refractivity contribution is 7.16. The Balaban J connectivity index is 1.83. The molecule has 2 aromatic carbocycles. The monoisotopic (exact) mass is 451 g/mol. The van der Waals surface area contributed by atoms with Gasteiger partial charge >= 0.3 is 5.97 Å². The van der Waals surface area contributed by atoms with Gasteiger partial charge in [0.05, 0.1) is 25.4 Å². The first-order valence-corrected chi connectivity index (χ1v) is 12.2. The number of hydrogen-bond acceptors (Lipinski definition) is 6. The van der Waals surface area contributed by atoms with E-state index in [9.17, 15) is 4.79 Å². The van der Waals surface area contributed by atoms with E-state index >= 15 is 0 Å². The van der Waals surface area contributed by atoms with Crippen LogP contribution in [0.3, 0.4) is 0 Å². The maximum absolute atomic E-state index is 12.8. The fraction of sp³-hybridized carbons (Fsp3) is 0.385. The molecule has 168 valence electrons. The van der Waals surface area contributed by atoms with Crippen LogP contribution in [0.25, 0.3) is 10.8 Å². The third kappa shape index (κ3) is 4.51. The maximum Gasteiger partial charge on any atom is 0.341 e. The number of nitrogens with zero attached hydrogens (tertiary/aromatic N) is 1. The second-order valence-electron chi connectivity index (χ2n) is 7.60. The third-order valence-corrected chi connectivity index (χ3v) is 6.75. The fourth-order valence-corrected chi connectivity index (χ4v) is 5.37. The topological polar surface area (TPSA) is 57.1 Å². The molecule has 0 fully saturated rings. The Labute approximate surface area is 193 Å². The van der Waals surface area contributed by atoms with Crippen molar-refractivity contribution >= 4 is 39.3 Å². The lowest BCUT2D eigenvalue weighted by Crippen LogP contribution is -2.09. The van der Waals surface area contributed by atoms with Crippen molar-refractivity contribution in [2.45, 2.75) is 46.5 Å². The number of carbonyl (C=O) groups is 1. The van der Waals surface area contributed by atoms with Gasteiger partial charge < -0.3 is 14.2 Å². The number of hydrogen-bond donors (Lipinski definition) is 0. The summed E-state index contributed by atoms with van der Waals surface area (Å²) in [6.07, 6.45) is 5.97. The summed E-state index contributed by atoms with van der Waals surface area (Å²) >= 11 is 1.61. The van der Waals surface area contributed by atoms with E-state index in [-0.39, 0.29) is 5.97 Å². The zero-order valence-electron chi connectivity index (χ0n) is 18.9. The standard InChI is InChI=1S/C26H29NO4S/c1-4-29-18-13-11-17-12-14-22(30-5-2)21(20(17)15-18)16-27-25-24(26(28)31-6-3)19-9-7-8-10-23(19)32-25/h11-16H,4-10H2,1-3H3. The van der Waals surface area contributed by atoms with E-state index in [0.29, 0.717) is 25.4 Å². The molecule has 4 rings (SSSR count). The van der Waals surface area contributed by atoms with Gasteiger partial charge in [-0.3, -0.25) is 0 Å². The van der Waals surface area contributed by atoms with E-state index in [1.807, 2.05) is 57.3 Å². The summed E-state index contributed by atoms with van der Waals surface area (Å²) in [6.45, 7) is 7.28. The molecular weight excluding hydrogens is 422 g/mol. The summed E-state index contributed by atoms with van der Waals surface area (Å²) in [5.74, 6) is 1.29. The highest BCUT2D eigenvalue weighted by Crippen LogP contribution is 2.40. The van der Waals surface area contributed by atoms with Crippen LogP contribution in [-0.4, -0.2) is 32.0 Å². The molecule has 0 saturated heterocycles. The molecule has 32 heavy (non-hydrogen) atoms. The fourth-order valence-electron chi connectivity index (χ4n) is 4.15.